The van der Waals surface area contributed by atoms with E-state index >= 15 is 0 Å². The molecule has 8 nitrogen and oxygen atoms in total. The minimum atomic E-state index is -0.674. The second kappa shape index (κ2) is 10.8. The fourth-order valence-corrected chi connectivity index (χ4v) is 4.64. The van der Waals surface area contributed by atoms with Gasteiger partial charge in [0.2, 0.25) is 11.8 Å². The number of hydrogen-bond donors (Lipinski definition) is 2. The first-order valence-corrected chi connectivity index (χ1v) is 11.9. The van der Waals surface area contributed by atoms with E-state index in [1.54, 1.807) is 44.2 Å². The van der Waals surface area contributed by atoms with Gasteiger partial charge in [-0.25, -0.2) is 4.79 Å². The number of esters is 1. The number of likely N-dealkylation sites (N-methyl/N-ethyl adjacent to an activating group) is 1. The maximum atomic E-state index is 13.9. The second-order valence-corrected chi connectivity index (χ2v) is 8.80. The molecule has 0 spiro atoms. The lowest BCUT2D eigenvalue weighted by Crippen LogP contribution is -2.52. The van der Waals surface area contributed by atoms with Crippen molar-refractivity contribution in [2.45, 2.75) is 38.4 Å². The number of hydrogen-bond acceptors (Lipinski definition) is 6. The summed E-state index contributed by atoms with van der Waals surface area (Å²) in [6, 6.07) is 15.7. The van der Waals surface area contributed by atoms with Crippen LogP contribution in [0.15, 0.2) is 54.6 Å². The zero-order valence-electron chi connectivity index (χ0n) is 21.0. The van der Waals surface area contributed by atoms with Crippen LogP contribution in [0, 0.1) is 0 Å². The summed E-state index contributed by atoms with van der Waals surface area (Å²) >= 11 is 0. The summed E-state index contributed by atoms with van der Waals surface area (Å²) in [5, 5.41) is 7.34. The summed E-state index contributed by atoms with van der Waals surface area (Å²) in [6.07, 6.45) is 1.14. The van der Waals surface area contributed by atoms with Crippen molar-refractivity contribution in [3.8, 4) is 5.75 Å². The van der Waals surface area contributed by atoms with Crippen molar-refractivity contribution in [1.82, 2.24) is 10.6 Å². The van der Waals surface area contributed by atoms with Gasteiger partial charge in [0.05, 0.1) is 32.4 Å². The lowest BCUT2D eigenvalue weighted by atomic mass is 9.98. The van der Waals surface area contributed by atoms with Gasteiger partial charge in [-0.3, -0.25) is 9.59 Å². The maximum Gasteiger partial charge on any atom is 0.338 e. The Labute approximate surface area is 210 Å². The van der Waals surface area contributed by atoms with Crippen molar-refractivity contribution < 1.29 is 23.9 Å². The number of nitrogens with one attached hydrogen (secondary N) is 2. The number of rotatable bonds is 7. The average Bonchev–Trinajstić information content (AvgIpc) is 3.04. The molecule has 0 saturated heterocycles. The Morgan fingerprint density at radius 3 is 2.56 bits per heavy atom. The molecule has 0 bridgehead atoms. The Hall–Kier alpha value is -3.91. The van der Waals surface area contributed by atoms with Gasteiger partial charge in [-0.15, -0.1) is 0 Å². The largest absolute Gasteiger partial charge is 0.496 e. The Morgan fingerprint density at radius 1 is 1.06 bits per heavy atom. The van der Waals surface area contributed by atoms with E-state index in [9.17, 15) is 14.4 Å². The third-order valence-electron chi connectivity index (χ3n) is 6.76. The van der Waals surface area contributed by atoms with Crippen molar-refractivity contribution in [2.24, 2.45) is 0 Å². The number of para-hydroxylation sites is 1. The first-order chi connectivity index (χ1) is 17.4. The molecule has 8 heteroatoms. The van der Waals surface area contributed by atoms with E-state index in [-0.39, 0.29) is 18.4 Å². The number of anilines is 1. The van der Waals surface area contributed by atoms with Gasteiger partial charge < -0.3 is 25.0 Å². The summed E-state index contributed by atoms with van der Waals surface area (Å²) in [5.74, 6) is -0.259. The van der Waals surface area contributed by atoms with E-state index in [2.05, 4.69) is 10.6 Å². The van der Waals surface area contributed by atoms with E-state index in [0.717, 1.165) is 22.2 Å². The molecule has 1 heterocycles. The molecular weight excluding hydrogens is 458 g/mol. The predicted octanol–water partition coefficient (Wildman–Crippen LogP) is 3.21. The first kappa shape index (κ1) is 25.2. The number of carbonyl (C=O) groups excluding carboxylic acids is 3. The molecule has 1 aliphatic rings. The summed E-state index contributed by atoms with van der Waals surface area (Å²) in [7, 11) is 4.63. The number of methoxy groups -OCH3 is 2. The minimum absolute atomic E-state index is 0.195. The Kier molecular flexibility index (Phi) is 7.55. The number of nitrogens with zero attached hydrogens (tertiary/aromatic N) is 1. The molecule has 36 heavy (non-hydrogen) atoms. The highest BCUT2D eigenvalue weighted by Crippen LogP contribution is 2.35. The van der Waals surface area contributed by atoms with Gasteiger partial charge in [0.1, 0.15) is 11.8 Å². The van der Waals surface area contributed by atoms with Crippen LogP contribution in [-0.4, -0.2) is 51.1 Å². The molecule has 4 rings (SSSR count). The lowest BCUT2D eigenvalue weighted by molar-refractivity contribution is -0.128. The number of amides is 2. The molecular formula is C28H31N3O5. The van der Waals surface area contributed by atoms with Crippen LogP contribution >= 0.6 is 0 Å². The first-order valence-electron chi connectivity index (χ1n) is 11.9. The number of ether oxygens (including phenoxy) is 2. The minimum Gasteiger partial charge on any atom is -0.496 e. The molecule has 0 aliphatic carbocycles. The highest BCUT2D eigenvalue weighted by atomic mass is 16.5. The summed E-state index contributed by atoms with van der Waals surface area (Å²) < 4.78 is 10.7. The van der Waals surface area contributed by atoms with Crippen LogP contribution in [0.4, 0.5) is 5.69 Å². The van der Waals surface area contributed by atoms with Gasteiger partial charge in [0.25, 0.3) is 0 Å². The fraction of sp³-hybridized carbons (Fsp3) is 0.321. The van der Waals surface area contributed by atoms with Crippen LogP contribution < -0.4 is 20.3 Å². The molecule has 3 aromatic carbocycles. The van der Waals surface area contributed by atoms with Gasteiger partial charge in [-0.1, -0.05) is 30.3 Å². The molecule has 0 saturated carbocycles. The van der Waals surface area contributed by atoms with Crippen molar-refractivity contribution in [3.05, 3.63) is 71.3 Å². The summed E-state index contributed by atoms with van der Waals surface area (Å²) in [4.78, 5) is 40.6. The summed E-state index contributed by atoms with van der Waals surface area (Å²) in [6.45, 7) is 1.96. The zero-order valence-corrected chi connectivity index (χ0v) is 21.0. The highest BCUT2D eigenvalue weighted by Gasteiger charge is 2.33. The highest BCUT2D eigenvalue weighted by molar-refractivity contribution is 6.06. The van der Waals surface area contributed by atoms with E-state index in [1.165, 1.54) is 7.11 Å². The zero-order chi connectivity index (χ0) is 25.8. The molecule has 1 aliphatic heterocycles. The second-order valence-electron chi connectivity index (χ2n) is 8.80. The van der Waals surface area contributed by atoms with E-state index < -0.39 is 18.1 Å². The van der Waals surface area contributed by atoms with Crippen molar-refractivity contribution in [3.63, 3.8) is 0 Å². The number of fused-ring (bicyclic) bond motifs is 2. The number of benzene rings is 3. The van der Waals surface area contributed by atoms with Gasteiger partial charge in [-0.05, 0) is 67.4 Å². The van der Waals surface area contributed by atoms with Gasteiger partial charge in [0, 0.05) is 11.3 Å². The molecule has 0 aromatic heterocycles. The van der Waals surface area contributed by atoms with Crippen molar-refractivity contribution in [2.75, 3.05) is 26.2 Å². The smallest absolute Gasteiger partial charge is 0.338 e. The van der Waals surface area contributed by atoms with Gasteiger partial charge in [-0.2, -0.15) is 0 Å². The fourth-order valence-electron chi connectivity index (χ4n) is 4.64. The molecule has 2 atom stereocenters. The molecule has 0 radical (unpaired) electrons. The molecule has 0 fully saturated rings. The van der Waals surface area contributed by atoms with Crippen LogP contribution in [0.2, 0.25) is 0 Å². The van der Waals surface area contributed by atoms with Crippen LogP contribution in [0.25, 0.3) is 10.8 Å². The van der Waals surface area contributed by atoms with Gasteiger partial charge in [0.15, 0.2) is 0 Å². The average molecular weight is 490 g/mol. The SMILES string of the molecule is CN[C@@H](C)C(=O)N[C@H]1CCc2ccccc2N(Cc2c(OC)ccc3c(C(=O)OC)cccc23)C1=O. The molecule has 2 amide bonds. The maximum absolute atomic E-state index is 13.9. The topological polar surface area (TPSA) is 97.0 Å². The summed E-state index contributed by atoms with van der Waals surface area (Å²) in [5.41, 5.74) is 3.02. The quantitative estimate of drug-likeness (QED) is 0.495. The molecule has 188 valence electrons. The standard InChI is InChI=1S/C28H31N3O5/c1-17(29-2)26(32)30-23-14-12-18-8-5-6-11-24(18)31(27(23)33)16-22-19-9-7-10-21(28(34)36-4)20(19)13-15-25(22)35-3/h5-11,13,15,17,23,29H,12,14,16H2,1-4H3,(H,30,32)/t17-,23-/m0/s1. The normalized spacial score (nSPS) is 16.2. The lowest BCUT2D eigenvalue weighted by Gasteiger charge is -2.28. The van der Waals surface area contributed by atoms with Crippen molar-refractivity contribution >= 4 is 34.2 Å². The Morgan fingerprint density at radius 2 is 1.83 bits per heavy atom. The van der Waals surface area contributed by atoms with Crippen LogP contribution in [-0.2, 0) is 27.3 Å². The van der Waals surface area contributed by atoms with E-state index in [1.807, 2.05) is 36.4 Å². The molecule has 0 unspecified atom stereocenters. The molecule has 2 N–H and O–H groups in total. The monoisotopic (exact) mass is 489 g/mol. The Bertz CT molecular complexity index is 1310. The third kappa shape index (κ3) is 4.77. The van der Waals surface area contributed by atoms with Crippen LogP contribution in [0.5, 0.6) is 5.75 Å². The molecule has 3 aromatic rings. The van der Waals surface area contributed by atoms with E-state index in [4.69, 9.17) is 9.47 Å². The third-order valence-corrected chi connectivity index (χ3v) is 6.76. The van der Waals surface area contributed by atoms with Crippen molar-refractivity contribution in [1.29, 1.82) is 0 Å². The van der Waals surface area contributed by atoms with Crippen LogP contribution in [0.1, 0.15) is 34.8 Å². The van der Waals surface area contributed by atoms with Crippen LogP contribution in [0.3, 0.4) is 0 Å². The van der Waals surface area contributed by atoms with Gasteiger partial charge >= 0.3 is 5.97 Å². The number of carbonyl (C=O) groups is 3. The Balaban J connectivity index is 1.81. The van der Waals surface area contributed by atoms with E-state index in [0.29, 0.717) is 29.5 Å². The predicted molar refractivity (Wildman–Crippen MR) is 138 cm³/mol. The number of aryl methyl sites for hydroxylation is 1.